The van der Waals surface area contributed by atoms with E-state index in [1.165, 1.54) is 12.8 Å². The summed E-state index contributed by atoms with van der Waals surface area (Å²) in [5, 5.41) is 12.6. The van der Waals surface area contributed by atoms with Crippen LogP contribution in [0.4, 0.5) is 5.69 Å². The maximum atomic E-state index is 9.15. The minimum absolute atomic E-state index is 0.577. The molecule has 3 rings (SSSR count). The minimum atomic E-state index is 0.577. The summed E-state index contributed by atoms with van der Waals surface area (Å²) in [6, 6.07) is 11.4. The monoisotopic (exact) mass is 213 g/mol. The van der Waals surface area contributed by atoms with Crippen LogP contribution in [0.1, 0.15) is 18.4 Å². The Bertz CT molecular complexity index is 419. The summed E-state index contributed by atoms with van der Waals surface area (Å²) in [6.07, 6.45) is 2.49. The lowest BCUT2D eigenvalue weighted by Crippen LogP contribution is -2.52. The molecular weight excluding hydrogens is 198 g/mol. The summed E-state index contributed by atoms with van der Waals surface area (Å²) in [5.74, 6) is 0. The van der Waals surface area contributed by atoms with Crippen LogP contribution in [0.5, 0.6) is 0 Å². The lowest BCUT2D eigenvalue weighted by atomic mass is 10.1. The number of fused-ring (bicyclic) bond motifs is 2. The highest BCUT2D eigenvalue weighted by molar-refractivity contribution is 5.61. The van der Waals surface area contributed by atoms with Crippen LogP contribution in [0, 0.1) is 11.3 Å². The van der Waals surface area contributed by atoms with Crippen LogP contribution in [-0.4, -0.2) is 25.2 Å². The number of piperazine rings is 1. The number of hydrogen-bond donors (Lipinski definition) is 1. The lowest BCUT2D eigenvalue weighted by molar-refractivity contribution is 0.484. The van der Waals surface area contributed by atoms with Crippen molar-refractivity contribution in [3.8, 4) is 6.07 Å². The zero-order valence-corrected chi connectivity index (χ0v) is 9.19. The van der Waals surface area contributed by atoms with E-state index in [0.29, 0.717) is 12.1 Å². The van der Waals surface area contributed by atoms with Crippen molar-refractivity contribution in [1.82, 2.24) is 5.32 Å². The second-order valence-electron chi connectivity index (χ2n) is 4.58. The van der Waals surface area contributed by atoms with Crippen molar-refractivity contribution in [3.05, 3.63) is 29.8 Å². The first-order valence-corrected chi connectivity index (χ1v) is 5.88. The van der Waals surface area contributed by atoms with Crippen molar-refractivity contribution in [2.24, 2.45) is 0 Å². The standard InChI is InChI=1S/C13H15N3/c14-7-10-3-1-2-4-13(10)16-11-5-6-12(16)9-15-8-11/h1-4,11-12,15H,5-6,8-9H2. The van der Waals surface area contributed by atoms with Gasteiger partial charge in [-0.25, -0.2) is 0 Å². The van der Waals surface area contributed by atoms with E-state index in [0.717, 1.165) is 24.3 Å². The molecule has 2 fully saturated rings. The molecule has 2 atom stereocenters. The smallest absolute Gasteiger partial charge is 0.101 e. The van der Waals surface area contributed by atoms with E-state index in [-0.39, 0.29) is 0 Å². The molecular formula is C13H15N3. The topological polar surface area (TPSA) is 39.1 Å². The van der Waals surface area contributed by atoms with Gasteiger partial charge in [-0.15, -0.1) is 0 Å². The van der Waals surface area contributed by atoms with Gasteiger partial charge in [0, 0.05) is 25.2 Å². The molecule has 0 spiro atoms. The van der Waals surface area contributed by atoms with E-state index in [1.54, 1.807) is 0 Å². The Morgan fingerprint density at radius 3 is 2.56 bits per heavy atom. The van der Waals surface area contributed by atoms with E-state index in [1.807, 2.05) is 18.2 Å². The first-order chi connectivity index (χ1) is 7.90. The molecule has 0 aromatic heterocycles. The molecule has 82 valence electrons. The van der Waals surface area contributed by atoms with E-state index < -0.39 is 0 Å². The molecule has 3 nitrogen and oxygen atoms in total. The molecule has 1 aromatic carbocycles. The fourth-order valence-electron chi connectivity index (χ4n) is 2.97. The number of nitriles is 1. The zero-order chi connectivity index (χ0) is 11.0. The number of anilines is 1. The van der Waals surface area contributed by atoms with Gasteiger partial charge in [0.15, 0.2) is 0 Å². The molecule has 0 amide bonds. The second kappa shape index (κ2) is 3.80. The largest absolute Gasteiger partial charge is 0.362 e. The summed E-state index contributed by atoms with van der Waals surface area (Å²) in [6.45, 7) is 2.10. The molecule has 2 saturated heterocycles. The highest BCUT2D eigenvalue weighted by atomic mass is 15.3. The average Bonchev–Trinajstić information content (AvgIpc) is 2.58. The predicted octanol–water partition coefficient (Wildman–Crippen LogP) is 1.50. The highest BCUT2D eigenvalue weighted by Gasteiger charge is 2.37. The third-order valence-corrected chi connectivity index (χ3v) is 3.68. The number of hydrogen-bond acceptors (Lipinski definition) is 3. The summed E-state index contributed by atoms with van der Waals surface area (Å²) in [5.41, 5.74) is 1.93. The quantitative estimate of drug-likeness (QED) is 0.768. The number of benzene rings is 1. The summed E-state index contributed by atoms with van der Waals surface area (Å²) in [7, 11) is 0. The van der Waals surface area contributed by atoms with Gasteiger partial charge in [0.05, 0.1) is 11.3 Å². The molecule has 0 radical (unpaired) electrons. The Kier molecular flexibility index (Phi) is 2.30. The summed E-state index contributed by atoms with van der Waals surface area (Å²) in [4.78, 5) is 2.45. The molecule has 2 bridgehead atoms. The SMILES string of the molecule is N#Cc1ccccc1N1C2CCC1CNC2. The van der Waals surface area contributed by atoms with Gasteiger partial charge in [-0.3, -0.25) is 0 Å². The third-order valence-electron chi connectivity index (χ3n) is 3.68. The fourth-order valence-corrected chi connectivity index (χ4v) is 2.97. The maximum Gasteiger partial charge on any atom is 0.101 e. The first kappa shape index (κ1) is 9.68. The van der Waals surface area contributed by atoms with Crippen LogP contribution >= 0.6 is 0 Å². The molecule has 1 N–H and O–H groups in total. The Labute approximate surface area is 95.7 Å². The van der Waals surface area contributed by atoms with E-state index in [2.05, 4.69) is 22.4 Å². The Morgan fingerprint density at radius 2 is 1.88 bits per heavy atom. The lowest BCUT2D eigenvalue weighted by Gasteiger charge is -2.37. The summed E-state index contributed by atoms with van der Waals surface area (Å²) >= 11 is 0. The summed E-state index contributed by atoms with van der Waals surface area (Å²) < 4.78 is 0. The Balaban J connectivity index is 2.01. The van der Waals surface area contributed by atoms with Crippen molar-refractivity contribution >= 4 is 5.69 Å². The van der Waals surface area contributed by atoms with Crippen LogP contribution in [-0.2, 0) is 0 Å². The van der Waals surface area contributed by atoms with Crippen molar-refractivity contribution in [2.45, 2.75) is 24.9 Å². The average molecular weight is 213 g/mol. The molecule has 16 heavy (non-hydrogen) atoms. The fraction of sp³-hybridized carbons (Fsp3) is 0.462. The zero-order valence-electron chi connectivity index (χ0n) is 9.19. The molecule has 1 aromatic rings. The molecule has 2 unspecified atom stereocenters. The van der Waals surface area contributed by atoms with Gasteiger partial charge in [0.25, 0.3) is 0 Å². The number of para-hydroxylation sites is 1. The van der Waals surface area contributed by atoms with Crippen LogP contribution in [0.2, 0.25) is 0 Å². The van der Waals surface area contributed by atoms with Gasteiger partial charge >= 0.3 is 0 Å². The number of rotatable bonds is 1. The minimum Gasteiger partial charge on any atom is -0.362 e. The number of nitrogens with zero attached hydrogens (tertiary/aromatic N) is 2. The van der Waals surface area contributed by atoms with Crippen molar-refractivity contribution in [3.63, 3.8) is 0 Å². The van der Waals surface area contributed by atoms with Gasteiger partial charge in [-0.05, 0) is 25.0 Å². The van der Waals surface area contributed by atoms with Crippen molar-refractivity contribution in [1.29, 1.82) is 5.26 Å². The van der Waals surface area contributed by atoms with Gasteiger partial charge in [0.1, 0.15) is 6.07 Å². The van der Waals surface area contributed by atoms with Gasteiger partial charge < -0.3 is 10.2 Å². The van der Waals surface area contributed by atoms with E-state index in [4.69, 9.17) is 5.26 Å². The van der Waals surface area contributed by atoms with Crippen LogP contribution in [0.15, 0.2) is 24.3 Å². The highest BCUT2D eigenvalue weighted by Crippen LogP contribution is 2.33. The molecule has 0 aliphatic carbocycles. The number of nitrogens with one attached hydrogen (secondary N) is 1. The predicted molar refractivity (Wildman–Crippen MR) is 63.3 cm³/mol. The molecule has 2 heterocycles. The van der Waals surface area contributed by atoms with Crippen molar-refractivity contribution in [2.75, 3.05) is 18.0 Å². The molecule has 2 aliphatic heterocycles. The molecule has 2 aliphatic rings. The van der Waals surface area contributed by atoms with Gasteiger partial charge in [0.2, 0.25) is 0 Å². The normalized spacial score (nSPS) is 27.8. The Hall–Kier alpha value is -1.53. The first-order valence-electron chi connectivity index (χ1n) is 5.88. The van der Waals surface area contributed by atoms with Crippen molar-refractivity contribution < 1.29 is 0 Å². The van der Waals surface area contributed by atoms with Gasteiger partial charge in [-0.1, -0.05) is 12.1 Å². The van der Waals surface area contributed by atoms with E-state index >= 15 is 0 Å². The molecule has 0 saturated carbocycles. The second-order valence-corrected chi connectivity index (χ2v) is 4.58. The molecule has 3 heteroatoms. The van der Waals surface area contributed by atoms with Crippen LogP contribution < -0.4 is 10.2 Å². The van der Waals surface area contributed by atoms with Gasteiger partial charge in [-0.2, -0.15) is 5.26 Å². The van der Waals surface area contributed by atoms with Crippen LogP contribution in [0.3, 0.4) is 0 Å². The van der Waals surface area contributed by atoms with Crippen LogP contribution in [0.25, 0.3) is 0 Å². The van der Waals surface area contributed by atoms with E-state index in [9.17, 15) is 0 Å². The third kappa shape index (κ3) is 1.38. The Morgan fingerprint density at radius 1 is 1.19 bits per heavy atom. The maximum absolute atomic E-state index is 9.15.